The molecule has 4 rings (SSSR count). The van der Waals surface area contributed by atoms with Crippen LogP contribution < -0.4 is 11.2 Å². The molecule has 0 spiro atoms. The van der Waals surface area contributed by atoms with Crippen LogP contribution in [0.4, 0.5) is 5.69 Å². The summed E-state index contributed by atoms with van der Waals surface area (Å²) >= 11 is 5.86. The zero-order valence-corrected chi connectivity index (χ0v) is 18.7. The molecule has 1 aliphatic rings. The number of halogens is 1. The van der Waals surface area contributed by atoms with E-state index in [-0.39, 0.29) is 23.5 Å². The third-order valence-electron chi connectivity index (χ3n) is 4.99. The van der Waals surface area contributed by atoms with Crippen LogP contribution in [0, 0.1) is 0 Å². The van der Waals surface area contributed by atoms with Crippen LogP contribution >= 0.6 is 11.6 Å². The number of ether oxygens (including phenoxy) is 1. The highest BCUT2D eigenvalue weighted by atomic mass is 35.5. The van der Waals surface area contributed by atoms with Gasteiger partial charge in [-0.25, -0.2) is 17.8 Å². The minimum Gasteiger partial charge on any atom is -0.493 e. The molecule has 1 aromatic heterocycles. The molecule has 0 bridgehead atoms. The van der Waals surface area contributed by atoms with E-state index < -0.39 is 27.2 Å². The van der Waals surface area contributed by atoms with E-state index in [1.807, 2.05) is 0 Å². The standard InChI is InChI=1S/C21H19ClN4O6S/c22-14-1-5-16(6-2-14)26-20(28)18(19(27)24-21(26)29)13-23-15-3-7-17(8-4-15)33(30,31)25-9-11-32-12-10-25/h1-8,13,28H,9-12H2,(H,24,27,29). The fraction of sp³-hybridized carbons (Fsp3) is 0.190. The van der Waals surface area contributed by atoms with Gasteiger partial charge in [0.15, 0.2) is 0 Å². The van der Waals surface area contributed by atoms with E-state index in [1.165, 1.54) is 52.8 Å². The number of aromatic amines is 1. The minimum atomic E-state index is -3.64. The average molecular weight is 491 g/mol. The topological polar surface area (TPSA) is 134 Å². The first kappa shape index (κ1) is 22.9. The number of hydrogen-bond acceptors (Lipinski definition) is 7. The van der Waals surface area contributed by atoms with Gasteiger partial charge in [0.1, 0.15) is 5.56 Å². The number of aliphatic imine (C=N–C) groups is 1. The van der Waals surface area contributed by atoms with Gasteiger partial charge in [-0.1, -0.05) is 11.6 Å². The van der Waals surface area contributed by atoms with Crippen molar-refractivity contribution < 1.29 is 18.3 Å². The zero-order chi connectivity index (χ0) is 23.6. The minimum absolute atomic E-state index is 0.111. The number of H-pyrrole nitrogens is 1. The summed E-state index contributed by atoms with van der Waals surface area (Å²) in [5.41, 5.74) is -1.24. The molecule has 2 aromatic carbocycles. The van der Waals surface area contributed by atoms with Crippen molar-refractivity contribution in [2.75, 3.05) is 26.3 Å². The van der Waals surface area contributed by atoms with Crippen molar-refractivity contribution in [1.82, 2.24) is 13.9 Å². The Morgan fingerprint density at radius 2 is 1.67 bits per heavy atom. The molecule has 1 fully saturated rings. The monoisotopic (exact) mass is 490 g/mol. The smallest absolute Gasteiger partial charge is 0.335 e. The molecule has 1 saturated heterocycles. The number of morpholine rings is 1. The van der Waals surface area contributed by atoms with Crippen LogP contribution in [0.1, 0.15) is 5.56 Å². The Bertz CT molecular complexity index is 1410. The molecule has 12 heteroatoms. The fourth-order valence-corrected chi connectivity index (χ4v) is 4.80. The van der Waals surface area contributed by atoms with Gasteiger partial charge in [0, 0.05) is 24.3 Å². The largest absolute Gasteiger partial charge is 0.493 e. The van der Waals surface area contributed by atoms with Gasteiger partial charge in [0.05, 0.1) is 29.5 Å². The lowest BCUT2D eigenvalue weighted by Crippen LogP contribution is -2.40. The van der Waals surface area contributed by atoms with Crippen LogP contribution in [-0.4, -0.2) is 59.9 Å². The second-order valence-corrected chi connectivity index (χ2v) is 9.45. The summed E-state index contributed by atoms with van der Waals surface area (Å²) in [6.45, 7) is 1.26. The van der Waals surface area contributed by atoms with Crippen LogP contribution in [0.3, 0.4) is 0 Å². The number of benzene rings is 2. The number of nitrogens with one attached hydrogen (secondary N) is 1. The van der Waals surface area contributed by atoms with E-state index >= 15 is 0 Å². The summed E-state index contributed by atoms with van der Waals surface area (Å²) in [5, 5.41) is 11.0. The summed E-state index contributed by atoms with van der Waals surface area (Å²) in [4.78, 5) is 30.9. The molecule has 0 aliphatic carbocycles. The fourth-order valence-electron chi connectivity index (χ4n) is 3.26. The van der Waals surface area contributed by atoms with Crippen molar-refractivity contribution in [3.05, 3.63) is 80.0 Å². The summed E-state index contributed by atoms with van der Waals surface area (Å²) in [5.74, 6) is -0.596. The van der Waals surface area contributed by atoms with Gasteiger partial charge in [0.25, 0.3) is 5.56 Å². The maximum atomic E-state index is 12.7. The Labute approximate surface area is 193 Å². The number of nitrogens with zero attached hydrogens (tertiary/aromatic N) is 3. The van der Waals surface area contributed by atoms with Crippen LogP contribution in [-0.2, 0) is 14.8 Å². The van der Waals surface area contributed by atoms with E-state index in [1.54, 1.807) is 0 Å². The molecular formula is C21H19ClN4O6S. The number of sulfonamides is 1. The Kier molecular flexibility index (Phi) is 6.47. The lowest BCUT2D eigenvalue weighted by atomic mass is 10.3. The first-order valence-electron chi connectivity index (χ1n) is 9.83. The highest BCUT2D eigenvalue weighted by molar-refractivity contribution is 7.89. The zero-order valence-electron chi connectivity index (χ0n) is 17.1. The van der Waals surface area contributed by atoms with Crippen molar-refractivity contribution in [3.8, 4) is 11.6 Å². The molecule has 1 aliphatic heterocycles. The van der Waals surface area contributed by atoms with E-state index in [2.05, 4.69) is 9.98 Å². The lowest BCUT2D eigenvalue weighted by Gasteiger charge is -2.26. The van der Waals surface area contributed by atoms with Crippen molar-refractivity contribution >= 4 is 33.5 Å². The van der Waals surface area contributed by atoms with Gasteiger partial charge in [0.2, 0.25) is 15.9 Å². The summed E-state index contributed by atoms with van der Waals surface area (Å²) < 4.78 is 32.9. The molecule has 0 saturated carbocycles. The Morgan fingerprint density at radius 1 is 1.03 bits per heavy atom. The molecule has 0 radical (unpaired) electrons. The summed E-state index contributed by atoms with van der Waals surface area (Å²) in [6, 6.07) is 11.9. The summed E-state index contributed by atoms with van der Waals surface area (Å²) in [6.07, 6.45) is 1.10. The van der Waals surface area contributed by atoms with Gasteiger partial charge in [-0.3, -0.25) is 14.8 Å². The molecule has 0 unspecified atom stereocenters. The van der Waals surface area contributed by atoms with E-state index in [0.717, 1.165) is 10.8 Å². The normalized spacial score (nSPS) is 15.2. The van der Waals surface area contributed by atoms with Crippen LogP contribution in [0.25, 0.3) is 5.69 Å². The van der Waals surface area contributed by atoms with E-state index in [4.69, 9.17) is 16.3 Å². The third kappa shape index (κ3) is 4.76. The average Bonchev–Trinajstić information content (AvgIpc) is 2.81. The Balaban J connectivity index is 1.63. The predicted octanol–water partition coefficient (Wildman–Crippen LogP) is 1.66. The molecule has 33 heavy (non-hydrogen) atoms. The molecule has 0 amide bonds. The molecule has 0 atom stereocenters. The maximum Gasteiger partial charge on any atom is 0.335 e. The third-order valence-corrected chi connectivity index (χ3v) is 7.16. The van der Waals surface area contributed by atoms with Crippen LogP contribution in [0.5, 0.6) is 5.88 Å². The first-order chi connectivity index (χ1) is 15.8. The van der Waals surface area contributed by atoms with E-state index in [0.29, 0.717) is 29.6 Å². The molecule has 172 valence electrons. The Morgan fingerprint density at radius 3 is 2.30 bits per heavy atom. The maximum absolute atomic E-state index is 12.7. The number of aromatic hydroxyl groups is 1. The van der Waals surface area contributed by atoms with Crippen molar-refractivity contribution in [1.29, 1.82) is 0 Å². The van der Waals surface area contributed by atoms with Crippen molar-refractivity contribution in [2.24, 2.45) is 4.99 Å². The van der Waals surface area contributed by atoms with Gasteiger partial charge in [-0.05, 0) is 48.5 Å². The second-order valence-electron chi connectivity index (χ2n) is 7.08. The van der Waals surface area contributed by atoms with Gasteiger partial charge in [-0.2, -0.15) is 4.31 Å². The number of hydrogen-bond donors (Lipinski definition) is 2. The second kappa shape index (κ2) is 9.32. The first-order valence-corrected chi connectivity index (χ1v) is 11.7. The van der Waals surface area contributed by atoms with E-state index in [9.17, 15) is 23.1 Å². The number of aromatic nitrogens is 2. The van der Waals surface area contributed by atoms with Crippen LogP contribution in [0.15, 0.2) is 68.0 Å². The van der Waals surface area contributed by atoms with Gasteiger partial charge >= 0.3 is 5.69 Å². The quantitative estimate of drug-likeness (QED) is 0.522. The molecule has 3 aromatic rings. The number of rotatable bonds is 5. The van der Waals surface area contributed by atoms with Crippen LogP contribution in [0.2, 0.25) is 5.02 Å². The predicted molar refractivity (Wildman–Crippen MR) is 123 cm³/mol. The highest BCUT2D eigenvalue weighted by Gasteiger charge is 2.26. The van der Waals surface area contributed by atoms with Gasteiger partial charge < -0.3 is 9.84 Å². The molecule has 10 nitrogen and oxygen atoms in total. The van der Waals surface area contributed by atoms with Crippen molar-refractivity contribution in [3.63, 3.8) is 0 Å². The molecular weight excluding hydrogens is 472 g/mol. The Hall–Kier alpha value is -3.25. The SMILES string of the molecule is O=c1[nH]c(=O)n(-c2ccc(Cl)cc2)c(O)c1C=Nc1ccc(S(=O)(=O)N2CCOCC2)cc1. The summed E-state index contributed by atoms with van der Waals surface area (Å²) in [7, 11) is -3.64. The van der Waals surface area contributed by atoms with Crippen molar-refractivity contribution in [2.45, 2.75) is 4.90 Å². The van der Waals surface area contributed by atoms with Gasteiger partial charge in [-0.15, -0.1) is 0 Å². The molecule has 2 N–H and O–H groups in total. The molecule has 2 heterocycles. The highest BCUT2D eigenvalue weighted by Crippen LogP contribution is 2.22. The lowest BCUT2D eigenvalue weighted by molar-refractivity contribution is 0.0730.